The molecule has 0 bridgehead atoms. The van der Waals surface area contributed by atoms with Crippen molar-refractivity contribution in [3.63, 3.8) is 0 Å². The van der Waals surface area contributed by atoms with Gasteiger partial charge in [-0.3, -0.25) is 5.10 Å². The Morgan fingerprint density at radius 3 is 2.95 bits per heavy atom. The van der Waals surface area contributed by atoms with E-state index < -0.39 is 5.97 Å². The second kappa shape index (κ2) is 5.50. The number of aromatic carboxylic acids is 1. The summed E-state index contributed by atoms with van der Waals surface area (Å²) in [6.45, 7) is 4.23. The van der Waals surface area contributed by atoms with Crippen LogP contribution in [0.3, 0.4) is 0 Å². The highest BCUT2D eigenvalue weighted by molar-refractivity contribution is 5.96. The van der Waals surface area contributed by atoms with Gasteiger partial charge in [0.05, 0.1) is 11.1 Å². The third-order valence-corrected chi connectivity index (χ3v) is 3.73. The van der Waals surface area contributed by atoms with E-state index in [-0.39, 0.29) is 5.56 Å². The van der Waals surface area contributed by atoms with Crippen LogP contribution in [0.2, 0.25) is 0 Å². The maximum atomic E-state index is 10.9. The molecule has 0 spiro atoms. The number of nitrogens with zero attached hydrogens (tertiary/aromatic N) is 2. The van der Waals surface area contributed by atoms with Crippen molar-refractivity contribution in [1.29, 1.82) is 0 Å². The first kappa shape index (κ1) is 12.9. The fourth-order valence-corrected chi connectivity index (χ4v) is 2.63. The van der Waals surface area contributed by atoms with E-state index in [1.54, 1.807) is 18.2 Å². The van der Waals surface area contributed by atoms with Gasteiger partial charge in [0.25, 0.3) is 0 Å². The molecule has 1 fully saturated rings. The Balaban J connectivity index is 1.67. The lowest BCUT2D eigenvalue weighted by molar-refractivity contribution is 0.0697. The molecule has 3 N–H and O–H groups in total. The van der Waals surface area contributed by atoms with Crippen molar-refractivity contribution in [2.45, 2.75) is 12.8 Å². The fraction of sp³-hybridized carbons (Fsp3) is 0.429. The zero-order valence-corrected chi connectivity index (χ0v) is 11.2. The Morgan fingerprint density at radius 2 is 2.20 bits per heavy atom. The monoisotopic (exact) mass is 274 g/mol. The number of benzene rings is 1. The number of hydrogen-bond acceptors (Lipinski definition) is 4. The topological polar surface area (TPSA) is 81.2 Å². The molecule has 1 aromatic heterocycles. The van der Waals surface area contributed by atoms with Crippen LogP contribution in [0.15, 0.2) is 18.2 Å². The van der Waals surface area contributed by atoms with Gasteiger partial charge in [-0.05, 0) is 44.1 Å². The van der Waals surface area contributed by atoms with Crippen LogP contribution in [-0.2, 0) is 0 Å². The lowest BCUT2D eigenvalue weighted by Crippen LogP contribution is -2.26. The standard InChI is InChI=1S/C14H18N4O2/c19-14(20)10-3-4-11-12(9-10)16-17-13(11)15-5-8-18-6-1-2-7-18/h3-4,9H,1-2,5-8H2,(H,19,20)(H2,15,16,17). The summed E-state index contributed by atoms with van der Waals surface area (Å²) >= 11 is 0. The van der Waals surface area contributed by atoms with Crippen LogP contribution in [0.1, 0.15) is 23.2 Å². The summed E-state index contributed by atoms with van der Waals surface area (Å²) in [5.74, 6) is -0.138. The van der Waals surface area contributed by atoms with Gasteiger partial charge >= 0.3 is 5.97 Å². The molecule has 6 nitrogen and oxygen atoms in total. The number of carboxylic acids is 1. The van der Waals surface area contributed by atoms with Gasteiger partial charge in [0.1, 0.15) is 0 Å². The van der Waals surface area contributed by atoms with Crippen molar-refractivity contribution in [3.8, 4) is 0 Å². The molecule has 0 radical (unpaired) electrons. The molecule has 0 amide bonds. The van der Waals surface area contributed by atoms with Crippen LogP contribution in [0.4, 0.5) is 5.82 Å². The van der Waals surface area contributed by atoms with E-state index in [1.165, 1.54) is 25.9 Å². The summed E-state index contributed by atoms with van der Waals surface area (Å²) in [6, 6.07) is 5.00. The second-order valence-electron chi connectivity index (χ2n) is 5.11. The first-order valence-corrected chi connectivity index (χ1v) is 6.92. The molecule has 0 unspecified atom stereocenters. The minimum atomic E-state index is -0.926. The molecule has 1 saturated heterocycles. The molecule has 20 heavy (non-hydrogen) atoms. The average molecular weight is 274 g/mol. The van der Waals surface area contributed by atoms with Crippen LogP contribution in [-0.4, -0.2) is 52.4 Å². The average Bonchev–Trinajstić information content (AvgIpc) is 3.08. The van der Waals surface area contributed by atoms with Crippen molar-refractivity contribution in [2.24, 2.45) is 0 Å². The van der Waals surface area contributed by atoms with Crippen LogP contribution in [0, 0.1) is 0 Å². The van der Waals surface area contributed by atoms with Crippen molar-refractivity contribution in [1.82, 2.24) is 15.1 Å². The number of likely N-dealkylation sites (tertiary alicyclic amines) is 1. The first-order valence-electron chi connectivity index (χ1n) is 6.92. The van der Waals surface area contributed by atoms with Gasteiger partial charge in [0.15, 0.2) is 5.82 Å². The molecule has 0 atom stereocenters. The molecular weight excluding hydrogens is 256 g/mol. The van der Waals surface area contributed by atoms with Crippen molar-refractivity contribution >= 4 is 22.7 Å². The first-order chi connectivity index (χ1) is 9.74. The highest BCUT2D eigenvalue weighted by Gasteiger charge is 2.12. The number of nitrogens with one attached hydrogen (secondary N) is 2. The Labute approximate surface area is 116 Å². The zero-order chi connectivity index (χ0) is 13.9. The van der Waals surface area contributed by atoms with Crippen molar-refractivity contribution in [2.75, 3.05) is 31.5 Å². The molecule has 106 valence electrons. The number of H-pyrrole nitrogens is 1. The van der Waals surface area contributed by atoms with Crippen LogP contribution in [0.5, 0.6) is 0 Å². The number of aromatic amines is 1. The Morgan fingerprint density at radius 1 is 1.40 bits per heavy atom. The van der Waals surface area contributed by atoms with Crippen LogP contribution >= 0.6 is 0 Å². The van der Waals surface area contributed by atoms with Gasteiger partial charge in [-0.25, -0.2) is 4.79 Å². The highest BCUT2D eigenvalue weighted by Crippen LogP contribution is 2.21. The highest BCUT2D eigenvalue weighted by atomic mass is 16.4. The number of anilines is 1. The molecule has 1 aliphatic rings. The second-order valence-corrected chi connectivity index (χ2v) is 5.11. The smallest absolute Gasteiger partial charge is 0.335 e. The van der Waals surface area contributed by atoms with Gasteiger partial charge in [-0.2, -0.15) is 5.10 Å². The van der Waals surface area contributed by atoms with Gasteiger partial charge < -0.3 is 15.3 Å². The predicted molar refractivity (Wildman–Crippen MR) is 77.2 cm³/mol. The third-order valence-electron chi connectivity index (χ3n) is 3.73. The summed E-state index contributed by atoms with van der Waals surface area (Å²) in [6.07, 6.45) is 2.59. The third kappa shape index (κ3) is 2.60. The Kier molecular flexibility index (Phi) is 3.56. The van der Waals surface area contributed by atoms with E-state index in [9.17, 15) is 4.79 Å². The van der Waals surface area contributed by atoms with Crippen LogP contribution in [0.25, 0.3) is 10.9 Å². The summed E-state index contributed by atoms with van der Waals surface area (Å²) < 4.78 is 0. The number of hydrogen-bond donors (Lipinski definition) is 3. The van der Waals surface area contributed by atoms with Crippen LogP contribution < -0.4 is 5.32 Å². The maximum Gasteiger partial charge on any atom is 0.335 e. The van der Waals surface area contributed by atoms with E-state index in [0.717, 1.165) is 29.8 Å². The predicted octanol–water partition coefficient (Wildman–Crippen LogP) is 1.77. The molecule has 2 heterocycles. The van der Waals surface area contributed by atoms with Gasteiger partial charge in [-0.1, -0.05) is 0 Å². The molecule has 3 rings (SSSR count). The molecular formula is C14H18N4O2. The number of carboxylic acid groups (broad SMARTS) is 1. The van der Waals surface area contributed by atoms with E-state index in [2.05, 4.69) is 20.4 Å². The van der Waals surface area contributed by atoms with Crippen molar-refractivity contribution in [3.05, 3.63) is 23.8 Å². The minimum Gasteiger partial charge on any atom is -0.478 e. The van der Waals surface area contributed by atoms with E-state index >= 15 is 0 Å². The lowest BCUT2D eigenvalue weighted by Gasteiger charge is -2.14. The Bertz CT molecular complexity index is 617. The number of carbonyl (C=O) groups is 1. The summed E-state index contributed by atoms with van der Waals surface area (Å²) in [5.41, 5.74) is 1.01. The van der Waals surface area contributed by atoms with E-state index in [0.29, 0.717) is 0 Å². The van der Waals surface area contributed by atoms with E-state index in [1.807, 2.05) is 0 Å². The largest absolute Gasteiger partial charge is 0.478 e. The number of rotatable bonds is 5. The number of fused-ring (bicyclic) bond motifs is 1. The van der Waals surface area contributed by atoms with E-state index in [4.69, 9.17) is 5.11 Å². The van der Waals surface area contributed by atoms with Gasteiger partial charge in [0, 0.05) is 18.5 Å². The molecule has 6 heteroatoms. The number of aromatic nitrogens is 2. The maximum absolute atomic E-state index is 10.9. The zero-order valence-electron chi connectivity index (χ0n) is 11.2. The van der Waals surface area contributed by atoms with Gasteiger partial charge in [0.2, 0.25) is 0 Å². The summed E-state index contributed by atoms with van der Waals surface area (Å²) in [7, 11) is 0. The lowest BCUT2D eigenvalue weighted by atomic mass is 10.1. The molecule has 1 aliphatic heterocycles. The molecule has 0 saturated carbocycles. The van der Waals surface area contributed by atoms with Gasteiger partial charge in [-0.15, -0.1) is 0 Å². The Hall–Kier alpha value is -2.08. The normalized spacial score (nSPS) is 15.8. The fourth-order valence-electron chi connectivity index (χ4n) is 2.63. The molecule has 0 aliphatic carbocycles. The summed E-state index contributed by atoms with van der Waals surface area (Å²) in [4.78, 5) is 13.3. The SMILES string of the molecule is O=C(O)c1ccc2c(NCCN3CCCC3)n[nH]c2c1. The van der Waals surface area contributed by atoms with Crippen molar-refractivity contribution < 1.29 is 9.90 Å². The quantitative estimate of drug-likeness (QED) is 0.774. The summed E-state index contributed by atoms with van der Waals surface area (Å²) in [5, 5.41) is 20.3. The molecule has 1 aromatic carbocycles. The molecule has 2 aromatic rings. The minimum absolute atomic E-state index is 0.268.